The first-order chi connectivity index (χ1) is 12.5. The average molecular weight is 414 g/mol. The fourth-order valence-corrected chi connectivity index (χ4v) is 4.01. The molecule has 2 aromatic rings. The zero-order valence-corrected chi connectivity index (χ0v) is 16.6. The number of benzene rings is 1. The molecule has 0 saturated carbocycles. The van der Waals surface area contributed by atoms with E-state index in [2.05, 4.69) is 20.5 Å². The number of aromatic nitrogens is 2. The third kappa shape index (κ3) is 4.49. The number of rotatable bonds is 6. The fourth-order valence-electron chi connectivity index (χ4n) is 3.21. The molecule has 27 heavy (non-hydrogen) atoms. The number of hydrogen-bond donors (Lipinski definition) is 3. The lowest BCUT2D eigenvalue weighted by Gasteiger charge is -2.36. The molecule has 3 N–H and O–H groups in total. The molecule has 0 radical (unpaired) electrons. The Hall–Kier alpha value is -1.94. The van der Waals surface area contributed by atoms with Crippen LogP contribution >= 0.6 is 12.4 Å². The van der Waals surface area contributed by atoms with Gasteiger partial charge in [0.2, 0.25) is 15.9 Å². The maximum Gasteiger partial charge on any atom is 0.248 e. The summed E-state index contributed by atoms with van der Waals surface area (Å²) in [6, 6.07) is 8.35. The maximum absolute atomic E-state index is 13.0. The van der Waals surface area contributed by atoms with E-state index in [1.165, 1.54) is 13.1 Å². The number of piperidine rings is 1. The monoisotopic (exact) mass is 413 g/mol. The summed E-state index contributed by atoms with van der Waals surface area (Å²) < 4.78 is 27.9. The molecular weight excluding hydrogens is 390 g/mol. The van der Waals surface area contributed by atoms with Crippen LogP contribution in [0, 0.1) is 0 Å². The lowest BCUT2D eigenvalue weighted by atomic mass is 9.87. The Morgan fingerprint density at radius 3 is 2.67 bits per heavy atom. The van der Waals surface area contributed by atoms with Gasteiger partial charge in [0.25, 0.3) is 0 Å². The number of nitrogens with one attached hydrogen (secondary N) is 3. The van der Waals surface area contributed by atoms with Gasteiger partial charge in [-0.05, 0) is 56.7 Å². The van der Waals surface area contributed by atoms with Crippen LogP contribution in [0.5, 0.6) is 0 Å². The van der Waals surface area contributed by atoms with E-state index in [9.17, 15) is 13.2 Å². The van der Waals surface area contributed by atoms with Crippen LogP contribution < -0.4 is 15.4 Å². The molecule has 1 aromatic heterocycles. The number of halogens is 1. The van der Waals surface area contributed by atoms with Crippen molar-refractivity contribution in [3.8, 4) is 0 Å². The van der Waals surface area contributed by atoms with Crippen LogP contribution in [0.1, 0.15) is 18.4 Å². The highest BCUT2D eigenvalue weighted by molar-refractivity contribution is 7.89. The topological polar surface area (TPSA) is 105 Å². The van der Waals surface area contributed by atoms with E-state index in [0.717, 1.165) is 18.7 Å². The van der Waals surface area contributed by atoms with Crippen LogP contribution in [-0.4, -0.2) is 44.2 Å². The molecule has 0 bridgehead atoms. The van der Waals surface area contributed by atoms with E-state index in [0.29, 0.717) is 12.8 Å². The Morgan fingerprint density at radius 2 is 2.04 bits per heavy atom. The molecule has 0 spiro atoms. The first kappa shape index (κ1) is 21.4. The molecule has 1 fully saturated rings. The molecule has 10 heteroatoms. The SMILES string of the molecule is CNS(=O)(=O)c1cccc(CNC(=O)C2(n3cccn3)CCNCC2)c1.Cl. The number of amides is 1. The summed E-state index contributed by atoms with van der Waals surface area (Å²) >= 11 is 0. The minimum Gasteiger partial charge on any atom is -0.350 e. The van der Waals surface area contributed by atoms with Gasteiger partial charge in [-0.2, -0.15) is 5.10 Å². The second kappa shape index (κ2) is 8.83. The molecule has 0 unspecified atom stereocenters. The van der Waals surface area contributed by atoms with Crippen LogP contribution in [0.3, 0.4) is 0 Å². The molecule has 1 aromatic carbocycles. The Bertz CT molecular complexity index is 864. The normalized spacial score (nSPS) is 16.3. The van der Waals surface area contributed by atoms with Crippen LogP contribution in [0.15, 0.2) is 47.6 Å². The summed E-state index contributed by atoms with van der Waals surface area (Å²) in [5, 5.41) is 10.5. The predicted molar refractivity (Wildman–Crippen MR) is 104 cm³/mol. The number of hydrogen-bond acceptors (Lipinski definition) is 5. The van der Waals surface area contributed by atoms with E-state index in [1.54, 1.807) is 29.1 Å². The Balaban J connectivity index is 0.00000261. The van der Waals surface area contributed by atoms with Crippen molar-refractivity contribution in [2.75, 3.05) is 20.1 Å². The molecule has 8 nitrogen and oxygen atoms in total. The number of carbonyl (C=O) groups is 1. The van der Waals surface area contributed by atoms with Crippen molar-refractivity contribution in [1.29, 1.82) is 0 Å². The summed E-state index contributed by atoms with van der Waals surface area (Å²) in [5.74, 6) is -0.107. The zero-order chi connectivity index (χ0) is 18.6. The number of sulfonamides is 1. The van der Waals surface area contributed by atoms with Crippen LogP contribution in [-0.2, 0) is 26.9 Å². The molecule has 3 rings (SSSR count). The highest BCUT2D eigenvalue weighted by Crippen LogP contribution is 2.27. The highest BCUT2D eigenvalue weighted by atomic mass is 35.5. The van der Waals surface area contributed by atoms with E-state index in [-0.39, 0.29) is 29.8 Å². The third-order valence-electron chi connectivity index (χ3n) is 4.73. The first-order valence-corrected chi connectivity index (χ1v) is 9.98. The summed E-state index contributed by atoms with van der Waals surface area (Å²) in [6.07, 6.45) is 4.78. The first-order valence-electron chi connectivity index (χ1n) is 8.50. The number of nitrogens with zero attached hydrogens (tertiary/aromatic N) is 2. The van der Waals surface area contributed by atoms with Crippen molar-refractivity contribution in [2.45, 2.75) is 29.8 Å². The molecule has 0 atom stereocenters. The summed E-state index contributed by atoms with van der Waals surface area (Å²) in [5.41, 5.74) is 0.00267. The minimum absolute atomic E-state index is 0. The van der Waals surface area contributed by atoms with Crippen molar-refractivity contribution in [2.24, 2.45) is 0 Å². The largest absolute Gasteiger partial charge is 0.350 e. The van der Waals surface area contributed by atoms with Gasteiger partial charge < -0.3 is 10.6 Å². The zero-order valence-electron chi connectivity index (χ0n) is 15.0. The van der Waals surface area contributed by atoms with Gasteiger partial charge in [0.15, 0.2) is 0 Å². The van der Waals surface area contributed by atoms with E-state index in [1.807, 2.05) is 12.3 Å². The number of carbonyl (C=O) groups excluding carboxylic acids is 1. The second-order valence-corrected chi connectivity index (χ2v) is 8.16. The summed E-state index contributed by atoms with van der Waals surface area (Å²) in [6.45, 7) is 1.73. The predicted octanol–water partition coefficient (Wildman–Crippen LogP) is 0.608. The van der Waals surface area contributed by atoms with Crippen molar-refractivity contribution in [1.82, 2.24) is 25.1 Å². The Morgan fingerprint density at radius 1 is 1.30 bits per heavy atom. The van der Waals surface area contributed by atoms with Gasteiger partial charge >= 0.3 is 0 Å². The van der Waals surface area contributed by atoms with Gasteiger partial charge in [-0.3, -0.25) is 9.48 Å². The quantitative estimate of drug-likeness (QED) is 0.643. The van der Waals surface area contributed by atoms with Crippen molar-refractivity contribution in [3.63, 3.8) is 0 Å². The van der Waals surface area contributed by atoms with Gasteiger partial charge in [-0.15, -0.1) is 12.4 Å². The molecule has 1 aliphatic rings. The molecule has 148 valence electrons. The summed E-state index contributed by atoms with van der Waals surface area (Å²) in [4.78, 5) is 13.2. The lowest BCUT2D eigenvalue weighted by molar-refractivity contribution is -0.132. The molecule has 1 saturated heterocycles. The van der Waals surface area contributed by atoms with E-state index >= 15 is 0 Å². The van der Waals surface area contributed by atoms with Crippen molar-refractivity contribution >= 4 is 28.3 Å². The van der Waals surface area contributed by atoms with Gasteiger partial charge in [0.1, 0.15) is 5.54 Å². The average Bonchev–Trinajstić information content (AvgIpc) is 3.22. The van der Waals surface area contributed by atoms with Crippen LogP contribution in [0.25, 0.3) is 0 Å². The summed E-state index contributed by atoms with van der Waals surface area (Å²) in [7, 11) is -2.14. The fraction of sp³-hybridized carbons (Fsp3) is 0.412. The van der Waals surface area contributed by atoms with Gasteiger partial charge in [0, 0.05) is 18.9 Å². The van der Waals surface area contributed by atoms with E-state index in [4.69, 9.17) is 0 Å². The lowest BCUT2D eigenvalue weighted by Crippen LogP contribution is -2.54. The second-order valence-electron chi connectivity index (χ2n) is 6.27. The van der Waals surface area contributed by atoms with E-state index < -0.39 is 15.6 Å². The molecule has 2 heterocycles. The molecule has 1 amide bonds. The van der Waals surface area contributed by atoms with Gasteiger partial charge in [0.05, 0.1) is 4.90 Å². The minimum atomic E-state index is -3.51. The Labute approximate surface area is 165 Å². The van der Waals surface area contributed by atoms with Crippen LogP contribution in [0.2, 0.25) is 0 Å². The van der Waals surface area contributed by atoms with Crippen molar-refractivity contribution in [3.05, 3.63) is 48.3 Å². The highest BCUT2D eigenvalue weighted by Gasteiger charge is 2.41. The van der Waals surface area contributed by atoms with Crippen LogP contribution in [0.4, 0.5) is 0 Å². The van der Waals surface area contributed by atoms with Crippen molar-refractivity contribution < 1.29 is 13.2 Å². The molecular formula is C17H24ClN5O3S. The molecule has 0 aliphatic carbocycles. The Kier molecular flexibility index (Phi) is 6.99. The standard InChI is InChI=1S/C17H23N5O3S.ClH/c1-18-26(24,25)15-5-2-4-14(12-15)13-20-16(23)17(6-9-19-10-7-17)22-11-3-8-21-22;/h2-5,8,11-12,18-19H,6-7,9-10,13H2,1H3,(H,20,23);1H. The smallest absolute Gasteiger partial charge is 0.248 e. The van der Waals surface area contributed by atoms with Gasteiger partial charge in [-0.25, -0.2) is 13.1 Å². The maximum atomic E-state index is 13.0. The molecule has 1 aliphatic heterocycles. The third-order valence-corrected chi connectivity index (χ3v) is 6.14. The van der Waals surface area contributed by atoms with Gasteiger partial charge in [-0.1, -0.05) is 12.1 Å².